The fraction of sp³-hybridized carbons (Fsp3) is 0.333. The van der Waals surface area contributed by atoms with Gasteiger partial charge in [0.25, 0.3) is 0 Å². The number of allylic oxidation sites excluding steroid dienone is 1. The van der Waals surface area contributed by atoms with E-state index < -0.39 is 0 Å². The zero-order chi connectivity index (χ0) is 21.1. The zero-order valence-corrected chi connectivity index (χ0v) is 19.8. The number of hydrogen-bond acceptors (Lipinski definition) is 6. The number of anilines is 1. The van der Waals surface area contributed by atoms with Crippen LogP contribution in [0, 0.1) is 5.92 Å². The Balaban J connectivity index is 1.50. The number of thiophene rings is 1. The van der Waals surface area contributed by atoms with Crippen LogP contribution >= 0.6 is 39.0 Å². The van der Waals surface area contributed by atoms with Crippen molar-refractivity contribution in [2.45, 2.75) is 37.9 Å². The molecule has 1 unspecified atom stereocenters. The minimum absolute atomic E-state index is 0.133. The van der Waals surface area contributed by atoms with Crippen LogP contribution < -0.4 is 5.32 Å². The largest absolute Gasteiger partial charge is 0.310 e. The molecule has 9 heteroatoms. The van der Waals surface area contributed by atoms with E-state index in [9.17, 15) is 4.79 Å². The van der Waals surface area contributed by atoms with Crippen molar-refractivity contribution in [3.63, 3.8) is 0 Å². The van der Waals surface area contributed by atoms with Gasteiger partial charge in [-0.2, -0.15) is 0 Å². The second kappa shape index (κ2) is 9.45. The zero-order valence-electron chi connectivity index (χ0n) is 16.6. The van der Waals surface area contributed by atoms with Crippen LogP contribution in [-0.2, 0) is 24.2 Å². The second-order valence-corrected chi connectivity index (χ2v) is 10.1. The molecule has 0 saturated carbocycles. The number of pyridine rings is 1. The summed E-state index contributed by atoms with van der Waals surface area (Å²) in [4.78, 5) is 18.0. The Morgan fingerprint density at radius 1 is 1.47 bits per heavy atom. The van der Waals surface area contributed by atoms with Crippen molar-refractivity contribution in [2.24, 2.45) is 5.92 Å². The number of aromatic nitrogens is 4. The number of halogens is 1. The highest BCUT2D eigenvalue weighted by Gasteiger charge is 2.24. The topological polar surface area (TPSA) is 72.7 Å². The van der Waals surface area contributed by atoms with Crippen LogP contribution in [0.1, 0.15) is 23.8 Å². The maximum atomic E-state index is 12.3. The summed E-state index contributed by atoms with van der Waals surface area (Å²) in [7, 11) is 0. The molecular weight excluding hydrogens is 482 g/mol. The first-order valence-corrected chi connectivity index (χ1v) is 12.4. The van der Waals surface area contributed by atoms with Crippen LogP contribution in [0.3, 0.4) is 0 Å². The number of carbonyl (C=O) groups is 1. The predicted molar refractivity (Wildman–Crippen MR) is 126 cm³/mol. The molecule has 0 spiro atoms. The maximum Gasteiger partial charge on any atom is 0.236 e. The molecule has 1 atom stereocenters. The predicted octanol–water partition coefficient (Wildman–Crippen LogP) is 5.21. The number of hydrogen-bond donors (Lipinski definition) is 1. The van der Waals surface area contributed by atoms with Gasteiger partial charge in [-0.25, -0.2) is 4.98 Å². The molecule has 0 fully saturated rings. The van der Waals surface area contributed by atoms with Gasteiger partial charge in [0.1, 0.15) is 5.82 Å². The van der Waals surface area contributed by atoms with Crippen molar-refractivity contribution in [3.05, 3.63) is 51.3 Å². The average molecular weight is 504 g/mol. The third-order valence-electron chi connectivity index (χ3n) is 5.00. The number of nitrogens with zero attached hydrogens (tertiary/aromatic N) is 4. The summed E-state index contributed by atoms with van der Waals surface area (Å²) in [6.45, 7) is 6.79. The van der Waals surface area contributed by atoms with Gasteiger partial charge >= 0.3 is 0 Å². The third kappa shape index (κ3) is 4.68. The van der Waals surface area contributed by atoms with E-state index in [-0.39, 0.29) is 11.7 Å². The minimum Gasteiger partial charge on any atom is -0.310 e. The van der Waals surface area contributed by atoms with Gasteiger partial charge in [0.05, 0.1) is 5.75 Å². The van der Waals surface area contributed by atoms with E-state index in [0.717, 1.165) is 29.1 Å². The third-order valence-corrected chi connectivity index (χ3v) is 7.49. The lowest BCUT2D eigenvalue weighted by molar-refractivity contribution is -0.113. The highest BCUT2D eigenvalue weighted by molar-refractivity contribution is 9.10. The van der Waals surface area contributed by atoms with Crippen molar-refractivity contribution in [3.8, 4) is 11.4 Å². The summed E-state index contributed by atoms with van der Waals surface area (Å²) in [6, 6.07) is 3.59. The first-order valence-electron chi connectivity index (χ1n) is 9.73. The molecular formula is C21H22BrN5OS2. The minimum atomic E-state index is -0.133. The fourth-order valence-electron chi connectivity index (χ4n) is 3.51. The SMILES string of the molecule is C=CCn1c(SCC(=O)Nc2ccc(Br)cn2)nnc1-c1csc2c1CCC(C)C2. The Morgan fingerprint density at radius 2 is 2.33 bits per heavy atom. The molecule has 0 radical (unpaired) electrons. The van der Waals surface area contributed by atoms with Crippen molar-refractivity contribution in [2.75, 3.05) is 11.1 Å². The van der Waals surface area contributed by atoms with Gasteiger partial charge in [0.2, 0.25) is 5.91 Å². The van der Waals surface area contributed by atoms with Gasteiger partial charge in [0.15, 0.2) is 11.0 Å². The van der Waals surface area contributed by atoms with Crippen LogP contribution in [0.25, 0.3) is 11.4 Å². The Kier molecular flexibility index (Phi) is 6.70. The molecule has 156 valence electrons. The molecule has 0 aliphatic heterocycles. The maximum absolute atomic E-state index is 12.3. The van der Waals surface area contributed by atoms with Crippen molar-refractivity contribution in [1.82, 2.24) is 19.7 Å². The molecule has 0 saturated heterocycles. The summed E-state index contributed by atoms with van der Waals surface area (Å²) < 4.78 is 2.91. The number of fused-ring (bicyclic) bond motifs is 1. The molecule has 3 heterocycles. The highest BCUT2D eigenvalue weighted by atomic mass is 79.9. The lowest BCUT2D eigenvalue weighted by Crippen LogP contribution is -2.15. The first-order chi connectivity index (χ1) is 14.5. The smallest absolute Gasteiger partial charge is 0.236 e. The molecule has 0 aromatic carbocycles. The number of rotatable bonds is 7. The number of thioether (sulfide) groups is 1. The quantitative estimate of drug-likeness (QED) is 0.354. The molecule has 1 N–H and O–H groups in total. The van der Waals surface area contributed by atoms with E-state index >= 15 is 0 Å². The van der Waals surface area contributed by atoms with Crippen LogP contribution in [-0.4, -0.2) is 31.4 Å². The molecule has 1 aliphatic carbocycles. The van der Waals surface area contributed by atoms with E-state index in [1.54, 1.807) is 12.3 Å². The summed E-state index contributed by atoms with van der Waals surface area (Å²) in [5.41, 5.74) is 2.58. The second-order valence-electron chi connectivity index (χ2n) is 7.30. The fourth-order valence-corrected chi connectivity index (χ4v) is 5.74. The number of carbonyl (C=O) groups excluding carboxylic acids is 1. The molecule has 3 aromatic rings. The van der Waals surface area contributed by atoms with E-state index in [2.05, 4.69) is 55.3 Å². The highest BCUT2D eigenvalue weighted by Crippen LogP contribution is 2.38. The van der Waals surface area contributed by atoms with Crippen LogP contribution in [0.2, 0.25) is 0 Å². The van der Waals surface area contributed by atoms with E-state index in [4.69, 9.17) is 0 Å². The number of nitrogens with one attached hydrogen (secondary N) is 1. The van der Waals surface area contributed by atoms with Crippen molar-refractivity contribution < 1.29 is 4.79 Å². The monoisotopic (exact) mass is 503 g/mol. The molecule has 0 bridgehead atoms. The molecule has 4 rings (SSSR count). The van der Waals surface area contributed by atoms with Crippen LogP contribution in [0.15, 0.2) is 46.0 Å². The Morgan fingerprint density at radius 3 is 3.10 bits per heavy atom. The van der Waals surface area contributed by atoms with Gasteiger partial charge in [-0.3, -0.25) is 9.36 Å². The normalized spacial score (nSPS) is 15.6. The first kappa shape index (κ1) is 21.3. The Bertz CT molecular complexity index is 1060. The lowest BCUT2D eigenvalue weighted by atomic mass is 9.88. The summed E-state index contributed by atoms with van der Waals surface area (Å²) in [5, 5.41) is 14.6. The standard InChI is InChI=1S/C21H22BrN5OS2/c1-3-8-27-20(16-11-29-17-9-13(2)4-6-15(16)17)25-26-21(27)30-12-19(28)24-18-7-5-14(22)10-23-18/h3,5,7,10-11,13H,1,4,6,8-9,12H2,2H3,(H,23,24,28). The van der Waals surface area contributed by atoms with Crippen molar-refractivity contribution >= 4 is 50.8 Å². The molecule has 1 amide bonds. The van der Waals surface area contributed by atoms with E-state index in [0.29, 0.717) is 17.5 Å². The Hall–Kier alpha value is -1.97. The summed E-state index contributed by atoms with van der Waals surface area (Å²) >= 11 is 6.52. The lowest BCUT2D eigenvalue weighted by Gasteiger charge is -2.19. The molecule has 1 aliphatic rings. The van der Waals surface area contributed by atoms with Gasteiger partial charge in [-0.05, 0) is 58.8 Å². The Labute approximate surface area is 192 Å². The summed E-state index contributed by atoms with van der Waals surface area (Å²) in [5.74, 6) is 2.22. The summed E-state index contributed by atoms with van der Waals surface area (Å²) in [6.07, 6.45) is 6.92. The van der Waals surface area contributed by atoms with Crippen LogP contribution in [0.5, 0.6) is 0 Å². The van der Waals surface area contributed by atoms with Gasteiger partial charge in [-0.15, -0.1) is 28.1 Å². The van der Waals surface area contributed by atoms with Gasteiger partial charge in [0, 0.05) is 33.0 Å². The van der Waals surface area contributed by atoms with Crippen LogP contribution in [0.4, 0.5) is 5.82 Å². The molecule has 30 heavy (non-hydrogen) atoms. The molecule has 3 aromatic heterocycles. The number of amides is 1. The van der Waals surface area contributed by atoms with Crippen molar-refractivity contribution in [1.29, 1.82) is 0 Å². The van der Waals surface area contributed by atoms with Gasteiger partial charge < -0.3 is 5.32 Å². The average Bonchev–Trinajstić information content (AvgIpc) is 3.32. The van der Waals surface area contributed by atoms with Gasteiger partial charge in [-0.1, -0.05) is 24.8 Å². The van der Waals surface area contributed by atoms with E-state index in [1.165, 1.54) is 34.2 Å². The molecule has 6 nitrogen and oxygen atoms in total. The van der Waals surface area contributed by atoms with E-state index in [1.807, 2.05) is 28.0 Å².